The van der Waals surface area contributed by atoms with E-state index in [-0.39, 0.29) is 6.61 Å². The monoisotopic (exact) mass is 292 g/mol. The third-order valence-corrected chi connectivity index (χ3v) is 3.04. The molecule has 3 N–H and O–H groups in total. The summed E-state index contributed by atoms with van der Waals surface area (Å²) in [7, 11) is 3.32. The van der Waals surface area contributed by atoms with Gasteiger partial charge in [-0.05, 0) is 18.2 Å². The Kier molecular flexibility index (Phi) is 8.48. The molecule has 0 spiro atoms. The summed E-state index contributed by atoms with van der Waals surface area (Å²) in [6, 6.07) is 5.82. The first-order chi connectivity index (χ1) is 10.2. The summed E-state index contributed by atoms with van der Waals surface area (Å²) in [5.74, 6) is 6.68. The number of methoxy groups -OCH3 is 2. The Labute approximate surface area is 126 Å². The molecule has 0 amide bonds. The van der Waals surface area contributed by atoms with Crippen molar-refractivity contribution in [3.05, 3.63) is 29.3 Å². The molecule has 0 heterocycles. The second-order valence-electron chi connectivity index (χ2n) is 4.53. The molecule has 116 valence electrons. The number of hydrogen-bond donors (Lipinski definition) is 2. The van der Waals surface area contributed by atoms with Crippen LogP contribution in [0.5, 0.6) is 5.75 Å². The van der Waals surface area contributed by atoms with Crippen LogP contribution >= 0.6 is 0 Å². The number of nitrogens with zero attached hydrogens (tertiary/aromatic N) is 1. The highest BCUT2D eigenvalue weighted by atomic mass is 16.5. The molecule has 0 aliphatic carbocycles. The van der Waals surface area contributed by atoms with Crippen LogP contribution in [0.2, 0.25) is 0 Å². The summed E-state index contributed by atoms with van der Waals surface area (Å²) < 4.78 is 10.5. The van der Waals surface area contributed by atoms with Gasteiger partial charge in [-0.1, -0.05) is 11.8 Å². The summed E-state index contributed by atoms with van der Waals surface area (Å²) >= 11 is 0. The van der Waals surface area contributed by atoms with Crippen LogP contribution in [0.1, 0.15) is 11.1 Å². The molecule has 5 heteroatoms. The maximum atomic E-state index is 9.16. The van der Waals surface area contributed by atoms with Crippen LogP contribution in [-0.4, -0.2) is 57.1 Å². The topological polar surface area (TPSA) is 68.0 Å². The zero-order valence-electron chi connectivity index (χ0n) is 12.8. The van der Waals surface area contributed by atoms with Crippen molar-refractivity contribution >= 4 is 0 Å². The Hall–Kier alpha value is -1.58. The van der Waals surface area contributed by atoms with Crippen molar-refractivity contribution in [3.63, 3.8) is 0 Å². The van der Waals surface area contributed by atoms with E-state index >= 15 is 0 Å². The molecule has 1 rings (SSSR count). The number of nitrogens with two attached hydrogens (primary N) is 1. The average molecular weight is 292 g/mol. The molecule has 1 aromatic rings. The van der Waals surface area contributed by atoms with E-state index < -0.39 is 0 Å². The van der Waals surface area contributed by atoms with Gasteiger partial charge in [-0.2, -0.15) is 0 Å². The van der Waals surface area contributed by atoms with Gasteiger partial charge < -0.3 is 20.3 Å². The molecule has 0 aromatic heterocycles. The summed E-state index contributed by atoms with van der Waals surface area (Å²) in [5, 5.41) is 9.16. The minimum atomic E-state index is 0.110. The van der Waals surface area contributed by atoms with Gasteiger partial charge in [-0.25, -0.2) is 0 Å². The van der Waals surface area contributed by atoms with Crippen molar-refractivity contribution in [1.82, 2.24) is 4.90 Å². The largest absolute Gasteiger partial charge is 0.496 e. The SMILES string of the molecule is COCCN(CCO)Cc1cc(C#CCN)ccc1OC. The quantitative estimate of drug-likeness (QED) is 0.681. The van der Waals surface area contributed by atoms with Gasteiger partial charge >= 0.3 is 0 Å². The lowest BCUT2D eigenvalue weighted by Gasteiger charge is -2.22. The molecule has 0 bridgehead atoms. The van der Waals surface area contributed by atoms with Gasteiger partial charge in [0.25, 0.3) is 0 Å². The minimum Gasteiger partial charge on any atom is -0.496 e. The summed E-state index contributed by atoms with van der Waals surface area (Å²) in [6.45, 7) is 3.08. The molecule has 0 unspecified atom stereocenters. The first-order valence-electron chi connectivity index (χ1n) is 6.93. The third kappa shape index (κ3) is 6.15. The molecule has 5 nitrogen and oxygen atoms in total. The van der Waals surface area contributed by atoms with Gasteiger partial charge in [0.2, 0.25) is 0 Å². The number of benzene rings is 1. The van der Waals surface area contributed by atoms with Crippen LogP contribution in [0.4, 0.5) is 0 Å². The maximum absolute atomic E-state index is 9.16. The predicted molar refractivity (Wildman–Crippen MR) is 83.2 cm³/mol. The Balaban J connectivity index is 2.90. The van der Waals surface area contributed by atoms with E-state index in [9.17, 15) is 0 Å². The zero-order chi connectivity index (χ0) is 15.5. The van der Waals surface area contributed by atoms with Crippen molar-refractivity contribution in [2.24, 2.45) is 5.73 Å². The molecule has 0 fully saturated rings. The average Bonchev–Trinajstić information content (AvgIpc) is 2.51. The van der Waals surface area contributed by atoms with E-state index in [1.807, 2.05) is 18.2 Å². The molecule has 0 aliphatic rings. The van der Waals surface area contributed by atoms with Crippen LogP contribution in [0.25, 0.3) is 0 Å². The molecule has 0 aliphatic heterocycles. The van der Waals surface area contributed by atoms with Gasteiger partial charge in [0.05, 0.1) is 26.9 Å². The van der Waals surface area contributed by atoms with Crippen LogP contribution in [-0.2, 0) is 11.3 Å². The lowest BCUT2D eigenvalue weighted by Crippen LogP contribution is -2.30. The highest BCUT2D eigenvalue weighted by Crippen LogP contribution is 2.21. The molecule has 1 aromatic carbocycles. The van der Waals surface area contributed by atoms with Crippen molar-refractivity contribution in [3.8, 4) is 17.6 Å². The van der Waals surface area contributed by atoms with Crippen LogP contribution in [0, 0.1) is 11.8 Å². The standard InChI is InChI=1S/C16H24N2O3/c1-20-11-9-18(8-10-19)13-15-12-14(4-3-7-17)5-6-16(15)21-2/h5-6,12,19H,7-11,13,17H2,1-2H3. The van der Waals surface area contributed by atoms with Crippen LogP contribution < -0.4 is 10.5 Å². The summed E-state index contributed by atoms with van der Waals surface area (Å²) in [6.07, 6.45) is 0. The van der Waals surface area contributed by atoms with Gasteiger partial charge in [-0.3, -0.25) is 4.90 Å². The van der Waals surface area contributed by atoms with Crippen molar-refractivity contribution in [2.75, 3.05) is 47.1 Å². The fourth-order valence-corrected chi connectivity index (χ4v) is 2.01. The summed E-state index contributed by atoms with van der Waals surface area (Å²) in [5.41, 5.74) is 7.34. The second-order valence-corrected chi connectivity index (χ2v) is 4.53. The van der Waals surface area contributed by atoms with E-state index in [1.54, 1.807) is 14.2 Å². The number of aliphatic hydroxyl groups is 1. The molecular formula is C16H24N2O3. The fraction of sp³-hybridized carbons (Fsp3) is 0.500. The van der Waals surface area contributed by atoms with E-state index in [0.717, 1.165) is 23.4 Å². The fourth-order valence-electron chi connectivity index (χ4n) is 2.01. The molecular weight excluding hydrogens is 268 g/mol. The molecule has 0 radical (unpaired) electrons. The van der Waals surface area contributed by atoms with Crippen LogP contribution in [0.15, 0.2) is 18.2 Å². The first-order valence-corrected chi connectivity index (χ1v) is 6.93. The van der Waals surface area contributed by atoms with E-state index in [0.29, 0.717) is 26.2 Å². The lowest BCUT2D eigenvalue weighted by molar-refractivity contribution is 0.126. The summed E-state index contributed by atoms with van der Waals surface area (Å²) in [4.78, 5) is 2.11. The van der Waals surface area contributed by atoms with Crippen molar-refractivity contribution in [1.29, 1.82) is 0 Å². The van der Waals surface area contributed by atoms with Gasteiger partial charge in [0.15, 0.2) is 0 Å². The van der Waals surface area contributed by atoms with E-state index in [1.165, 1.54) is 0 Å². The van der Waals surface area contributed by atoms with E-state index in [2.05, 4.69) is 16.7 Å². The van der Waals surface area contributed by atoms with Crippen molar-refractivity contribution < 1.29 is 14.6 Å². The second kappa shape index (κ2) is 10.2. The highest BCUT2D eigenvalue weighted by Gasteiger charge is 2.10. The maximum Gasteiger partial charge on any atom is 0.123 e. The Morgan fingerprint density at radius 1 is 1.29 bits per heavy atom. The van der Waals surface area contributed by atoms with Crippen LogP contribution in [0.3, 0.4) is 0 Å². The lowest BCUT2D eigenvalue weighted by atomic mass is 10.1. The smallest absolute Gasteiger partial charge is 0.123 e. The van der Waals surface area contributed by atoms with Gasteiger partial charge in [0, 0.05) is 37.9 Å². The molecule has 21 heavy (non-hydrogen) atoms. The highest BCUT2D eigenvalue weighted by molar-refractivity contribution is 5.44. The van der Waals surface area contributed by atoms with Gasteiger partial charge in [0.1, 0.15) is 5.75 Å². The van der Waals surface area contributed by atoms with Crippen molar-refractivity contribution in [2.45, 2.75) is 6.54 Å². The number of hydrogen-bond acceptors (Lipinski definition) is 5. The number of rotatable bonds is 8. The molecule has 0 atom stereocenters. The van der Waals surface area contributed by atoms with E-state index in [4.69, 9.17) is 20.3 Å². The third-order valence-electron chi connectivity index (χ3n) is 3.04. The molecule has 0 saturated carbocycles. The minimum absolute atomic E-state index is 0.110. The Bertz CT molecular complexity index is 480. The Morgan fingerprint density at radius 3 is 2.71 bits per heavy atom. The molecule has 0 saturated heterocycles. The zero-order valence-corrected chi connectivity index (χ0v) is 12.8. The first kappa shape index (κ1) is 17.5. The Morgan fingerprint density at radius 2 is 2.10 bits per heavy atom. The number of ether oxygens (including phenoxy) is 2. The van der Waals surface area contributed by atoms with Gasteiger partial charge in [-0.15, -0.1) is 0 Å². The normalized spacial score (nSPS) is 10.3. The predicted octanol–water partition coefficient (Wildman–Crippen LogP) is 0.446. The number of aliphatic hydroxyl groups excluding tert-OH is 1.